The van der Waals surface area contributed by atoms with Crippen LogP contribution in [0.1, 0.15) is 29.3 Å². The van der Waals surface area contributed by atoms with Gasteiger partial charge in [-0.3, -0.25) is 4.68 Å². The second-order valence-electron chi connectivity index (χ2n) is 4.74. The average Bonchev–Trinajstić information content (AvgIpc) is 2.80. The van der Waals surface area contributed by atoms with Crippen LogP contribution in [0.3, 0.4) is 0 Å². The van der Waals surface area contributed by atoms with Crippen LogP contribution in [-0.2, 0) is 19.6 Å². The minimum atomic E-state index is -4.78. The summed E-state index contributed by atoms with van der Waals surface area (Å²) in [5, 5.41) is 13.9. The van der Waals surface area contributed by atoms with Crippen molar-refractivity contribution < 1.29 is 22.7 Å². The van der Waals surface area contributed by atoms with E-state index in [9.17, 15) is 22.7 Å². The van der Waals surface area contributed by atoms with Crippen LogP contribution in [0.2, 0.25) is 0 Å². The van der Waals surface area contributed by atoms with Crippen LogP contribution in [-0.4, -0.2) is 14.9 Å². The molecule has 0 saturated heterocycles. The van der Waals surface area contributed by atoms with Crippen molar-refractivity contribution in [3.05, 3.63) is 53.1 Å². The van der Waals surface area contributed by atoms with Gasteiger partial charge in [-0.05, 0) is 36.6 Å². The van der Waals surface area contributed by atoms with Crippen molar-refractivity contribution in [3.63, 3.8) is 0 Å². The first kappa shape index (κ1) is 15.5. The van der Waals surface area contributed by atoms with Gasteiger partial charge in [-0.1, -0.05) is 6.07 Å². The molecule has 1 heterocycles. The van der Waals surface area contributed by atoms with Gasteiger partial charge in [-0.15, -0.1) is 0 Å². The Bertz CT molecular complexity index is 622. The van der Waals surface area contributed by atoms with E-state index in [-0.39, 0.29) is 12.0 Å². The molecule has 114 valence electrons. The lowest BCUT2D eigenvalue weighted by molar-refractivity contribution is -0.140. The van der Waals surface area contributed by atoms with E-state index in [4.69, 9.17) is 0 Å². The van der Waals surface area contributed by atoms with Gasteiger partial charge < -0.3 is 5.11 Å². The minimum Gasteiger partial charge on any atom is -0.388 e. The Kier molecular flexibility index (Phi) is 4.32. The molecule has 21 heavy (non-hydrogen) atoms. The van der Waals surface area contributed by atoms with Gasteiger partial charge in [0.05, 0.1) is 11.7 Å². The van der Waals surface area contributed by atoms with E-state index in [1.165, 1.54) is 6.07 Å². The molecule has 7 heteroatoms. The van der Waals surface area contributed by atoms with Crippen molar-refractivity contribution in [1.82, 2.24) is 9.78 Å². The maximum atomic E-state index is 13.2. The molecular weight excluding hydrogens is 288 g/mol. The molecule has 1 aromatic heterocycles. The quantitative estimate of drug-likeness (QED) is 0.881. The Labute approximate surface area is 118 Å². The Morgan fingerprint density at radius 2 is 2.00 bits per heavy atom. The molecule has 0 aliphatic heterocycles. The molecular formula is C14H14F4N2O. The van der Waals surface area contributed by atoms with Gasteiger partial charge in [0.1, 0.15) is 5.82 Å². The summed E-state index contributed by atoms with van der Waals surface area (Å²) in [6, 6.07) is 4.31. The number of aliphatic hydroxyl groups excluding tert-OH is 1. The number of benzene rings is 1. The summed E-state index contributed by atoms with van der Waals surface area (Å²) in [7, 11) is 1.74. The summed E-state index contributed by atoms with van der Waals surface area (Å²) < 4.78 is 52.7. The molecule has 1 atom stereocenters. The number of halogens is 4. The third-order valence-corrected chi connectivity index (χ3v) is 3.28. The fourth-order valence-corrected chi connectivity index (χ4v) is 2.07. The SMILES string of the molecule is Cn1nccc1CCC(O)c1ccc(F)c(C(F)(F)F)c1. The smallest absolute Gasteiger partial charge is 0.388 e. The van der Waals surface area contributed by atoms with E-state index < -0.39 is 23.7 Å². The van der Waals surface area contributed by atoms with Crippen LogP contribution in [0.15, 0.2) is 30.5 Å². The Hall–Kier alpha value is -1.89. The number of nitrogens with zero attached hydrogens (tertiary/aromatic N) is 2. The predicted octanol–water partition coefficient (Wildman–Crippen LogP) is 3.24. The fourth-order valence-electron chi connectivity index (χ4n) is 2.07. The van der Waals surface area contributed by atoms with Gasteiger partial charge in [0, 0.05) is 18.9 Å². The van der Waals surface area contributed by atoms with E-state index >= 15 is 0 Å². The van der Waals surface area contributed by atoms with Gasteiger partial charge in [0.15, 0.2) is 0 Å². The highest BCUT2D eigenvalue weighted by Gasteiger charge is 2.34. The highest BCUT2D eigenvalue weighted by atomic mass is 19.4. The molecule has 1 unspecified atom stereocenters. The standard InChI is InChI=1S/C14H14F4N2O/c1-20-10(6-7-19-20)3-5-13(21)9-2-4-12(15)11(8-9)14(16,17)18/h2,4,6-8,13,21H,3,5H2,1H3. The number of hydrogen-bond donors (Lipinski definition) is 1. The van der Waals surface area contributed by atoms with Crippen molar-refractivity contribution in [2.45, 2.75) is 25.1 Å². The molecule has 0 fully saturated rings. The zero-order valence-electron chi connectivity index (χ0n) is 11.2. The third kappa shape index (κ3) is 3.60. The second kappa shape index (κ2) is 5.85. The second-order valence-corrected chi connectivity index (χ2v) is 4.74. The summed E-state index contributed by atoms with van der Waals surface area (Å²) in [5.41, 5.74) is -0.460. The molecule has 0 amide bonds. The van der Waals surface area contributed by atoms with Gasteiger partial charge >= 0.3 is 6.18 Å². The van der Waals surface area contributed by atoms with E-state index in [0.29, 0.717) is 12.5 Å². The number of aryl methyl sites for hydroxylation is 2. The Morgan fingerprint density at radius 1 is 1.29 bits per heavy atom. The van der Waals surface area contributed by atoms with Crippen LogP contribution in [0, 0.1) is 5.82 Å². The van der Waals surface area contributed by atoms with Crippen molar-refractivity contribution in [1.29, 1.82) is 0 Å². The molecule has 0 aliphatic carbocycles. The van der Waals surface area contributed by atoms with E-state index in [0.717, 1.165) is 11.8 Å². The monoisotopic (exact) mass is 302 g/mol. The van der Waals surface area contributed by atoms with Gasteiger partial charge in [-0.2, -0.15) is 18.3 Å². The summed E-state index contributed by atoms with van der Waals surface area (Å²) in [6.07, 6.45) is -3.59. The highest BCUT2D eigenvalue weighted by molar-refractivity contribution is 5.28. The first-order valence-corrected chi connectivity index (χ1v) is 6.30. The Morgan fingerprint density at radius 3 is 2.57 bits per heavy atom. The van der Waals surface area contributed by atoms with Crippen molar-refractivity contribution >= 4 is 0 Å². The van der Waals surface area contributed by atoms with Crippen LogP contribution < -0.4 is 0 Å². The van der Waals surface area contributed by atoms with Crippen molar-refractivity contribution in [2.75, 3.05) is 0 Å². The molecule has 2 rings (SSSR count). The predicted molar refractivity (Wildman–Crippen MR) is 67.9 cm³/mol. The minimum absolute atomic E-state index is 0.0471. The van der Waals surface area contributed by atoms with Crippen molar-refractivity contribution in [3.8, 4) is 0 Å². The Balaban J connectivity index is 2.12. The zero-order valence-corrected chi connectivity index (χ0v) is 11.2. The molecule has 0 aliphatic rings. The maximum absolute atomic E-state index is 13.2. The summed E-state index contributed by atoms with van der Waals surface area (Å²) in [6.45, 7) is 0. The lowest BCUT2D eigenvalue weighted by Crippen LogP contribution is -2.10. The number of hydrogen-bond acceptors (Lipinski definition) is 2. The number of aromatic nitrogens is 2. The topological polar surface area (TPSA) is 38.0 Å². The lowest BCUT2D eigenvalue weighted by atomic mass is 10.0. The number of aliphatic hydroxyl groups is 1. The van der Waals surface area contributed by atoms with Gasteiger partial charge in [0.25, 0.3) is 0 Å². The maximum Gasteiger partial charge on any atom is 0.419 e. The summed E-state index contributed by atoms with van der Waals surface area (Å²) in [5.74, 6) is -1.34. The first-order chi connectivity index (χ1) is 9.79. The fraction of sp³-hybridized carbons (Fsp3) is 0.357. The normalized spacial score (nSPS) is 13.4. The molecule has 3 nitrogen and oxygen atoms in total. The summed E-state index contributed by atoms with van der Waals surface area (Å²) >= 11 is 0. The van der Waals surface area contributed by atoms with E-state index in [1.54, 1.807) is 24.0 Å². The molecule has 1 aromatic carbocycles. The molecule has 0 saturated carbocycles. The van der Waals surface area contributed by atoms with Crippen molar-refractivity contribution in [2.24, 2.45) is 7.05 Å². The third-order valence-electron chi connectivity index (χ3n) is 3.28. The van der Waals surface area contributed by atoms with Gasteiger partial charge in [0.2, 0.25) is 0 Å². The average molecular weight is 302 g/mol. The zero-order chi connectivity index (χ0) is 15.6. The largest absolute Gasteiger partial charge is 0.419 e. The molecule has 0 bridgehead atoms. The lowest BCUT2D eigenvalue weighted by Gasteiger charge is -2.14. The number of alkyl halides is 3. The highest BCUT2D eigenvalue weighted by Crippen LogP contribution is 2.33. The van der Waals surface area contributed by atoms with Gasteiger partial charge in [-0.25, -0.2) is 4.39 Å². The molecule has 2 aromatic rings. The van der Waals surface area contributed by atoms with Crippen LogP contribution in [0.5, 0.6) is 0 Å². The number of rotatable bonds is 4. The van der Waals surface area contributed by atoms with E-state index in [1.807, 2.05) is 0 Å². The van der Waals surface area contributed by atoms with Crippen LogP contribution in [0.4, 0.5) is 17.6 Å². The van der Waals surface area contributed by atoms with Crippen LogP contribution in [0.25, 0.3) is 0 Å². The molecule has 0 spiro atoms. The first-order valence-electron chi connectivity index (χ1n) is 6.30. The molecule has 1 N–H and O–H groups in total. The van der Waals surface area contributed by atoms with E-state index in [2.05, 4.69) is 5.10 Å². The van der Waals surface area contributed by atoms with Crippen LogP contribution >= 0.6 is 0 Å². The molecule has 0 radical (unpaired) electrons. The summed E-state index contributed by atoms with van der Waals surface area (Å²) in [4.78, 5) is 0.